The van der Waals surface area contributed by atoms with Crippen molar-refractivity contribution in [3.8, 4) is 0 Å². The molecule has 0 amide bonds. The monoisotopic (exact) mass is 378 g/mol. The van der Waals surface area contributed by atoms with Crippen LogP contribution in [0.15, 0.2) is 45.9 Å². The van der Waals surface area contributed by atoms with E-state index in [1.807, 2.05) is 0 Å². The first-order valence-corrected chi connectivity index (χ1v) is 8.09. The number of halogens is 3. The average molecular weight is 380 g/mol. The second-order valence-electron chi connectivity index (χ2n) is 3.86. The first-order valence-electron chi connectivity index (χ1n) is 5.44. The van der Waals surface area contributed by atoms with E-state index < -0.39 is 15.8 Å². The van der Waals surface area contributed by atoms with E-state index in [1.54, 1.807) is 6.07 Å². The molecule has 0 atom stereocenters. The highest BCUT2D eigenvalue weighted by molar-refractivity contribution is 9.10. The summed E-state index contributed by atoms with van der Waals surface area (Å²) in [5.41, 5.74) is 0.246. The molecule has 1 N–H and O–H groups in total. The Morgan fingerprint density at radius 3 is 2.75 bits per heavy atom. The van der Waals surface area contributed by atoms with E-state index in [4.69, 9.17) is 11.6 Å². The topological polar surface area (TPSA) is 59.1 Å². The number of hydrogen-bond donors (Lipinski definition) is 1. The Balaban J connectivity index is 2.24. The van der Waals surface area contributed by atoms with Gasteiger partial charge in [0.1, 0.15) is 15.9 Å². The van der Waals surface area contributed by atoms with E-state index >= 15 is 0 Å². The molecule has 0 aliphatic carbocycles. The lowest BCUT2D eigenvalue weighted by Gasteiger charge is -2.08. The molecule has 0 aliphatic rings. The highest BCUT2D eigenvalue weighted by atomic mass is 79.9. The summed E-state index contributed by atoms with van der Waals surface area (Å²) in [7, 11) is -3.87. The Morgan fingerprint density at radius 1 is 1.35 bits per heavy atom. The van der Waals surface area contributed by atoms with Crippen LogP contribution in [0, 0.1) is 5.82 Å². The lowest BCUT2D eigenvalue weighted by atomic mass is 10.2. The predicted octanol–water partition coefficient (Wildman–Crippen LogP) is 3.12. The molecule has 0 saturated heterocycles. The molecule has 2 rings (SSSR count). The molecule has 0 saturated carbocycles. The molecule has 0 aliphatic heterocycles. The molecular formula is C12H9BrClFN2O2S. The maximum absolute atomic E-state index is 13.4. The molecule has 1 aromatic carbocycles. The van der Waals surface area contributed by atoms with Gasteiger partial charge in [0.05, 0.1) is 0 Å². The number of nitrogens with zero attached hydrogens (tertiary/aromatic N) is 1. The predicted molar refractivity (Wildman–Crippen MR) is 77.4 cm³/mol. The Hall–Kier alpha value is -1.02. The lowest BCUT2D eigenvalue weighted by Crippen LogP contribution is -2.24. The van der Waals surface area contributed by atoms with Gasteiger partial charge in [-0.05, 0) is 28.1 Å². The van der Waals surface area contributed by atoms with E-state index in [1.165, 1.54) is 30.5 Å². The highest BCUT2D eigenvalue weighted by Gasteiger charge is 2.19. The van der Waals surface area contributed by atoms with Gasteiger partial charge in [0, 0.05) is 22.8 Å². The van der Waals surface area contributed by atoms with Gasteiger partial charge in [-0.3, -0.25) is 0 Å². The van der Waals surface area contributed by atoms with Crippen LogP contribution in [0.4, 0.5) is 4.39 Å². The van der Waals surface area contributed by atoms with Gasteiger partial charge in [0.2, 0.25) is 10.0 Å². The lowest BCUT2D eigenvalue weighted by molar-refractivity contribution is 0.574. The van der Waals surface area contributed by atoms with Crippen LogP contribution in [0.2, 0.25) is 5.15 Å². The van der Waals surface area contributed by atoms with Gasteiger partial charge in [0.15, 0.2) is 0 Å². The highest BCUT2D eigenvalue weighted by Crippen LogP contribution is 2.22. The summed E-state index contributed by atoms with van der Waals surface area (Å²) < 4.78 is 40.4. The van der Waals surface area contributed by atoms with E-state index in [2.05, 4.69) is 25.6 Å². The third-order valence-electron chi connectivity index (χ3n) is 2.47. The zero-order valence-electron chi connectivity index (χ0n) is 9.98. The number of hydrogen-bond acceptors (Lipinski definition) is 3. The number of sulfonamides is 1. The number of aromatic nitrogens is 1. The maximum Gasteiger partial charge on any atom is 0.243 e. The fourth-order valence-corrected chi connectivity index (χ4v) is 3.43. The number of nitrogens with one attached hydrogen (secondary N) is 1. The SMILES string of the molecule is O=S(=O)(NCc1ccccc1F)c1cc(Br)cnc1Cl. The smallest absolute Gasteiger partial charge is 0.242 e. The van der Waals surface area contributed by atoms with Gasteiger partial charge in [-0.15, -0.1) is 0 Å². The summed E-state index contributed by atoms with van der Waals surface area (Å²) in [6, 6.07) is 7.25. The van der Waals surface area contributed by atoms with Gasteiger partial charge in [0.25, 0.3) is 0 Å². The van der Waals surface area contributed by atoms with Gasteiger partial charge >= 0.3 is 0 Å². The summed E-state index contributed by atoms with van der Waals surface area (Å²) in [5, 5.41) is -0.144. The van der Waals surface area contributed by atoms with Crippen molar-refractivity contribution in [1.82, 2.24) is 9.71 Å². The molecule has 4 nitrogen and oxygen atoms in total. The standard InChI is InChI=1S/C12H9BrClFN2O2S/c13-9-5-11(12(14)16-7-9)20(18,19)17-6-8-3-1-2-4-10(8)15/h1-5,7,17H,6H2. The molecule has 20 heavy (non-hydrogen) atoms. The molecule has 106 valence electrons. The summed E-state index contributed by atoms with van der Waals surface area (Å²) in [6.07, 6.45) is 1.39. The van der Waals surface area contributed by atoms with Gasteiger partial charge in [-0.2, -0.15) is 0 Å². The van der Waals surface area contributed by atoms with Crippen molar-refractivity contribution in [2.45, 2.75) is 11.4 Å². The van der Waals surface area contributed by atoms with Crippen LogP contribution in [-0.4, -0.2) is 13.4 Å². The molecule has 2 aromatic rings. The summed E-state index contributed by atoms with van der Waals surface area (Å²) >= 11 is 8.89. The van der Waals surface area contributed by atoms with Gasteiger partial charge in [-0.1, -0.05) is 29.8 Å². The van der Waals surface area contributed by atoms with Crippen LogP contribution in [0.1, 0.15) is 5.56 Å². The number of pyridine rings is 1. The van der Waals surface area contributed by atoms with Gasteiger partial charge in [-0.25, -0.2) is 22.5 Å². The minimum atomic E-state index is -3.87. The first-order chi connectivity index (χ1) is 9.40. The molecule has 0 fully saturated rings. The quantitative estimate of drug-likeness (QED) is 0.830. The van der Waals surface area contributed by atoms with E-state index in [0.29, 0.717) is 4.47 Å². The second-order valence-corrected chi connectivity index (χ2v) is 6.87. The molecule has 1 heterocycles. The molecule has 0 radical (unpaired) electrons. The van der Waals surface area contributed by atoms with Crippen molar-refractivity contribution in [3.05, 3.63) is 57.5 Å². The molecule has 1 aromatic heterocycles. The second kappa shape index (κ2) is 6.17. The van der Waals surface area contributed by atoms with Gasteiger partial charge < -0.3 is 0 Å². The van der Waals surface area contributed by atoms with Crippen LogP contribution in [0.3, 0.4) is 0 Å². The summed E-state index contributed by atoms with van der Waals surface area (Å²) in [6.45, 7) is -0.169. The van der Waals surface area contributed by atoms with Crippen LogP contribution in [0.5, 0.6) is 0 Å². The summed E-state index contributed by atoms with van der Waals surface area (Å²) in [4.78, 5) is 3.58. The molecule has 8 heteroatoms. The average Bonchev–Trinajstić information content (AvgIpc) is 2.40. The number of benzene rings is 1. The fraction of sp³-hybridized carbons (Fsp3) is 0.0833. The van der Waals surface area contributed by atoms with Crippen LogP contribution >= 0.6 is 27.5 Å². The van der Waals surface area contributed by atoms with E-state index in [-0.39, 0.29) is 22.2 Å². The molecule has 0 spiro atoms. The summed E-state index contributed by atoms with van der Waals surface area (Å²) in [5.74, 6) is -0.478. The number of rotatable bonds is 4. The molecule has 0 unspecified atom stereocenters. The van der Waals surface area contributed by atoms with E-state index in [9.17, 15) is 12.8 Å². The fourth-order valence-electron chi connectivity index (χ4n) is 1.48. The zero-order valence-corrected chi connectivity index (χ0v) is 13.1. The third kappa shape index (κ3) is 3.54. The zero-order chi connectivity index (χ0) is 14.8. The van der Waals surface area contributed by atoms with Crippen molar-refractivity contribution in [2.75, 3.05) is 0 Å². The Kier molecular flexibility index (Phi) is 4.74. The largest absolute Gasteiger partial charge is 0.243 e. The van der Waals surface area contributed by atoms with Crippen molar-refractivity contribution < 1.29 is 12.8 Å². The third-order valence-corrected chi connectivity index (χ3v) is 4.74. The van der Waals surface area contributed by atoms with Crippen molar-refractivity contribution >= 4 is 37.6 Å². The normalized spacial score (nSPS) is 11.6. The first kappa shape index (κ1) is 15.4. The van der Waals surface area contributed by atoms with Crippen LogP contribution < -0.4 is 4.72 Å². The van der Waals surface area contributed by atoms with E-state index in [0.717, 1.165) is 0 Å². The van der Waals surface area contributed by atoms with Crippen LogP contribution in [-0.2, 0) is 16.6 Å². The van der Waals surface area contributed by atoms with Crippen LogP contribution in [0.25, 0.3) is 0 Å². The Bertz CT molecular complexity index is 740. The van der Waals surface area contributed by atoms with Crippen molar-refractivity contribution in [2.24, 2.45) is 0 Å². The van der Waals surface area contributed by atoms with Crippen molar-refractivity contribution in [3.63, 3.8) is 0 Å². The minimum Gasteiger partial charge on any atom is -0.242 e. The molecular weight excluding hydrogens is 371 g/mol. The molecule has 0 bridgehead atoms. The minimum absolute atomic E-state index is 0.144. The Labute approximate surface area is 129 Å². The van der Waals surface area contributed by atoms with Crippen molar-refractivity contribution in [1.29, 1.82) is 0 Å². The Morgan fingerprint density at radius 2 is 2.05 bits per heavy atom. The maximum atomic E-state index is 13.4.